The summed E-state index contributed by atoms with van der Waals surface area (Å²) in [6, 6.07) is 5.96. The number of ether oxygens (including phenoxy) is 1. The molecule has 0 aliphatic carbocycles. The highest BCUT2D eigenvalue weighted by atomic mass is 79.9. The Kier molecular flexibility index (Phi) is 3.47. The molecular weight excluding hydrogens is 310 g/mol. The minimum atomic E-state index is 0.312. The van der Waals surface area contributed by atoms with Gasteiger partial charge in [-0.1, -0.05) is 15.9 Å². The molecule has 0 aromatic heterocycles. The molecule has 1 aliphatic rings. The number of rotatable bonds is 2. The van der Waals surface area contributed by atoms with Crippen molar-refractivity contribution in [2.24, 2.45) is 0 Å². The van der Waals surface area contributed by atoms with Crippen molar-refractivity contribution in [3.63, 3.8) is 0 Å². The monoisotopic (exact) mass is 319 g/mol. The summed E-state index contributed by atoms with van der Waals surface area (Å²) in [7, 11) is 0. The van der Waals surface area contributed by atoms with Gasteiger partial charge in [0.15, 0.2) is 0 Å². The van der Waals surface area contributed by atoms with E-state index in [0.29, 0.717) is 6.10 Å². The van der Waals surface area contributed by atoms with Gasteiger partial charge in [-0.25, -0.2) is 0 Å². The van der Waals surface area contributed by atoms with Crippen molar-refractivity contribution >= 4 is 31.9 Å². The number of hydrogen-bond donors (Lipinski definition) is 1. The highest BCUT2D eigenvalue weighted by molar-refractivity contribution is 9.11. The second kappa shape index (κ2) is 4.64. The molecule has 0 unspecified atom stereocenters. The zero-order valence-corrected chi connectivity index (χ0v) is 10.8. The molecule has 1 aromatic carbocycles. The van der Waals surface area contributed by atoms with E-state index >= 15 is 0 Å². The highest BCUT2D eigenvalue weighted by Crippen LogP contribution is 2.29. The van der Waals surface area contributed by atoms with Crippen LogP contribution < -0.4 is 10.1 Å². The second-order valence-electron chi connectivity index (χ2n) is 3.31. The van der Waals surface area contributed by atoms with Crippen LogP contribution in [-0.2, 0) is 0 Å². The average molecular weight is 321 g/mol. The third kappa shape index (κ3) is 2.49. The molecule has 1 atom stereocenters. The van der Waals surface area contributed by atoms with Gasteiger partial charge in [-0.15, -0.1) is 0 Å². The van der Waals surface area contributed by atoms with E-state index < -0.39 is 0 Å². The van der Waals surface area contributed by atoms with Crippen LogP contribution in [0.5, 0.6) is 5.75 Å². The molecule has 2 nitrogen and oxygen atoms in total. The average Bonchev–Trinajstić information content (AvgIpc) is 2.62. The molecule has 1 aliphatic heterocycles. The first-order chi connectivity index (χ1) is 6.75. The van der Waals surface area contributed by atoms with Crippen LogP contribution in [0, 0.1) is 0 Å². The fourth-order valence-electron chi connectivity index (χ4n) is 1.48. The van der Waals surface area contributed by atoms with Gasteiger partial charge in [-0.3, -0.25) is 0 Å². The van der Waals surface area contributed by atoms with E-state index in [4.69, 9.17) is 4.74 Å². The lowest BCUT2D eigenvalue weighted by molar-refractivity contribution is 0.221. The SMILES string of the molecule is Brc1ccc(O[C@@H]2CCNC2)c(Br)c1. The van der Waals surface area contributed by atoms with Crippen LogP contribution in [0.3, 0.4) is 0 Å². The number of benzene rings is 1. The molecule has 0 radical (unpaired) electrons. The van der Waals surface area contributed by atoms with Gasteiger partial charge in [-0.2, -0.15) is 0 Å². The summed E-state index contributed by atoms with van der Waals surface area (Å²) in [5, 5.41) is 3.27. The molecule has 1 fully saturated rings. The number of hydrogen-bond acceptors (Lipinski definition) is 2. The molecule has 0 saturated carbocycles. The van der Waals surface area contributed by atoms with E-state index in [1.54, 1.807) is 0 Å². The van der Waals surface area contributed by atoms with E-state index in [1.165, 1.54) is 0 Å². The molecule has 1 heterocycles. The van der Waals surface area contributed by atoms with Crippen LogP contribution in [0.4, 0.5) is 0 Å². The Bertz CT molecular complexity index is 324. The maximum Gasteiger partial charge on any atom is 0.134 e. The van der Waals surface area contributed by atoms with Gasteiger partial charge in [0, 0.05) is 11.0 Å². The van der Waals surface area contributed by atoms with E-state index in [1.807, 2.05) is 18.2 Å². The quantitative estimate of drug-likeness (QED) is 0.904. The number of halogens is 2. The Balaban J connectivity index is 2.08. The summed E-state index contributed by atoms with van der Waals surface area (Å²) < 4.78 is 7.89. The lowest BCUT2D eigenvalue weighted by Crippen LogP contribution is -2.19. The minimum Gasteiger partial charge on any atom is -0.488 e. The number of nitrogens with one attached hydrogen (secondary N) is 1. The lowest BCUT2D eigenvalue weighted by atomic mass is 10.3. The zero-order valence-electron chi connectivity index (χ0n) is 7.59. The van der Waals surface area contributed by atoms with Crippen molar-refractivity contribution in [2.75, 3.05) is 13.1 Å². The molecule has 76 valence electrons. The summed E-state index contributed by atoms with van der Waals surface area (Å²) in [5.41, 5.74) is 0. The first-order valence-corrected chi connectivity index (χ1v) is 6.17. The Morgan fingerprint density at radius 2 is 2.21 bits per heavy atom. The molecule has 0 bridgehead atoms. The fraction of sp³-hybridized carbons (Fsp3) is 0.400. The van der Waals surface area contributed by atoms with Crippen LogP contribution in [0.1, 0.15) is 6.42 Å². The van der Waals surface area contributed by atoms with Gasteiger partial charge in [0.05, 0.1) is 4.47 Å². The van der Waals surface area contributed by atoms with E-state index in [2.05, 4.69) is 37.2 Å². The standard InChI is InChI=1S/C10H11Br2NO/c11-7-1-2-10(9(12)5-7)14-8-3-4-13-6-8/h1-2,5,8,13H,3-4,6H2/t8-/m1/s1. The van der Waals surface area contributed by atoms with Gasteiger partial charge in [0.1, 0.15) is 11.9 Å². The summed E-state index contributed by atoms with van der Waals surface area (Å²) in [4.78, 5) is 0. The van der Waals surface area contributed by atoms with E-state index in [0.717, 1.165) is 34.2 Å². The van der Waals surface area contributed by atoms with Gasteiger partial charge in [-0.05, 0) is 47.1 Å². The van der Waals surface area contributed by atoms with Crippen molar-refractivity contribution in [1.82, 2.24) is 5.32 Å². The normalized spacial score (nSPS) is 21.1. The Morgan fingerprint density at radius 1 is 1.36 bits per heavy atom. The van der Waals surface area contributed by atoms with E-state index in [9.17, 15) is 0 Å². The van der Waals surface area contributed by atoms with Crippen LogP contribution in [0.15, 0.2) is 27.1 Å². The second-order valence-corrected chi connectivity index (χ2v) is 5.08. The Hall–Kier alpha value is -0.0600. The summed E-state index contributed by atoms with van der Waals surface area (Å²) in [6.45, 7) is 2.00. The Morgan fingerprint density at radius 3 is 2.86 bits per heavy atom. The third-order valence-electron chi connectivity index (χ3n) is 2.20. The predicted molar refractivity (Wildman–Crippen MR) is 63.7 cm³/mol. The largest absolute Gasteiger partial charge is 0.488 e. The predicted octanol–water partition coefficient (Wildman–Crippen LogP) is 2.95. The van der Waals surface area contributed by atoms with E-state index in [-0.39, 0.29) is 0 Å². The molecule has 0 amide bonds. The first kappa shape index (κ1) is 10.5. The van der Waals surface area contributed by atoms with Crippen molar-refractivity contribution in [2.45, 2.75) is 12.5 Å². The molecule has 1 aromatic rings. The fourth-order valence-corrected chi connectivity index (χ4v) is 2.62. The van der Waals surface area contributed by atoms with Crippen molar-refractivity contribution in [3.8, 4) is 5.75 Å². The van der Waals surface area contributed by atoms with Crippen LogP contribution in [0.2, 0.25) is 0 Å². The van der Waals surface area contributed by atoms with Gasteiger partial charge in [0.25, 0.3) is 0 Å². The maximum atomic E-state index is 5.83. The van der Waals surface area contributed by atoms with Crippen LogP contribution in [-0.4, -0.2) is 19.2 Å². The minimum absolute atomic E-state index is 0.312. The summed E-state index contributed by atoms with van der Waals surface area (Å²) in [6.07, 6.45) is 1.40. The van der Waals surface area contributed by atoms with Crippen LogP contribution in [0.25, 0.3) is 0 Å². The first-order valence-electron chi connectivity index (χ1n) is 4.58. The molecule has 1 saturated heterocycles. The van der Waals surface area contributed by atoms with Gasteiger partial charge < -0.3 is 10.1 Å². The van der Waals surface area contributed by atoms with Crippen molar-refractivity contribution in [3.05, 3.63) is 27.1 Å². The molecular formula is C10H11Br2NO. The highest BCUT2D eigenvalue weighted by Gasteiger charge is 2.16. The van der Waals surface area contributed by atoms with Gasteiger partial charge >= 0.3 is 0 Å². The van der Waals surface area contributed by atoms with Crippen LogP contribution >= 0.6 is 31.9 Å². The molecule has 4 heteroatoms. The third-order valence-corrected chi connectivity index (χ3v) is 3.32. The van der Waals surface area contributed by atoms with Crippen molar-refractivity contribution in [1.29, 1.82) is 0 Å². The summed E-state index contributed by atoms with van der Waals surface area (Å²) in [5.74, 6) is 0.918. The molecule has 0 spiro atoms. The lowest BCUT2D eigenvalue weighted by Gasteiger charge is -2.13. The van der Waals surface area contributed by atoms with Crippen molar-refractivity contribution < 1.29 is 4.74 Å². The molecule has 1 N–H and O–H groups in total. The smallest absolute Gasteiger partial charge is 0.134 e. The molecule has 2 rings (SSSR count). The molecule has 14 heavy (non-hydrogen) atoms. The van der Waals surface area contributed by atoms with Gasteiger partial charge in [0.2, 0.25) is 0 Å². The Labute approximate surface area is 100 Å². The zero-order chi connectivity index (χ0) is 9.97. The summed E-state index contributed by atoms with van der Waals surface area (Å²) >= 11 is 6.89. The maximum absolute atomic E-state index is 5.83. The topological polar surface area (TPSA) is 21.3 Å².